The lowest BCUT2D eigenvalue weighted by molar-refractivity contribution is -0.139. The van der Waals surface area contributed by atoms with Gasteiger partial charge in [0.1, 0.15) is 5.82 Å². The normalized spacial score (nSPS) is 22.3. The van der Waals surface area contributed by atoms with Crippen LogP contribution in [0.2, 0.25) is 0 Å². The highest BCUT2D eigenvalue weighted by Crippen LogP contribution is 2.39. The van der Waals surface area contributed by atoms with Gasteiger partial charge in [-0.2, -0.15) is 0 Å². The minimum Gasteiger partial charge on any atom is -0.481 e. The SMILES string of the molecule is CC1(C)CCN(c2ccccc2F)CC1CC(=O)O. The van der Waals surface area contributed by atoms with E-state index in [-0.39, 0.29) is 23.6 Å². The molecule has 3 nitrogen and oxygen atoms in total. The Kier molecular flexibility index (Phi) is 3.78. The summed E-state index contributed by atoms with van der Waals surface area (Å²) in [5.41, 5.74) is 0.563. The van der Waals surface area contributed by atoms with E-state index in [4.69, 9.17) is 5.11 Å². The number of nitrogens with zero attached hydrogens (tertiary/aromatic N) is 1. The van der Waals surface area contributed by atoms with Crippen LogP contribution >= 0.6 is 0 Å². The van der Waals surface area contributed by atoms with Gasteiger partial charge in [-0.15, -0.1) is 0 Å². The minimum absolute atomic E-state index is 0.0137. The lowest BCUT2D eigenvalue weighted by Crippen LogP contribution is -2.45. The van der Waals surface area contributed by atoms with Crippen LogP contribution in [-0.2, 0) is 4.79 Å². The molecule has 1 atom stereocenters. The molecule has 1 aromatic rings. The topological polar surface area (TPSA) is 40.5 Å². The summed E-state index contributed by atoms with van der Waals surface area (Å²) in [6.07, 6.45) is 1.01. The van der Waals surface area contributed by atoms with Gasteiger partial charge in [0.25, 0.3) is 0 Å². The molecule has 104 valence electrons. The Morgan fingerprint density at radius 3 is 2.79 bits per heavy atom. The van der Waals surface area contributed by atoms with E-state index in [1.54, 1.807) is 12.1 Å². The van der Waals surface area contributed by atoms with E-state index in [0.29, 0.717) is 12.2 Å². The van der Waals surface area contributed by atoms with Crippen LogP contribution in [0.5, 0.6) is 0 Å². The lowest BCUT2D eigenvalue weighted by Gasteiger charge is -2.44. The van der Waals surface area contributed by atoms with Crippen molar-refractivity contribution in [2.45, 2.75) is 26.7 Å². The van der Waals surface area contributed by atoms with Gasteiger partial charge in [0, 0.05) is 13.1 Å². The summed E-state index contributed by atoms with van der Waals surface area (Å²) in [6, 6.07) is 6.68. The molecule has 1 saturated heterocycles. The number of para-hydroxylation sites is 1. The summed E-state index contributed by atoms with van der Waals surface area (Å²) in [7, 11) is 0. The Hall–Kier alpha value is -1.58. The highest BCUT2D eigenvalue weighted by Gasteiger charge is 2.37. The number of halogens is 1. The third kappa shape index (κ3) is 3.06. The van der Waals surface area contributed by atoms with Crippen LogP contribution in [0, 0.1) is 17.2 Å². The first-order chi connectivity index (χ1) is 8.90. The molecule has 0 aliphatic carbocycles. The molecule has 1 unspecified atom stereocenters. The minimum atomic E-state index is -0.784. The van der Waals surface area contributed by atoms with E-state index in [1.807, 2.05) is 11.0 Å². The molecule has 1 N–H and O–H groups in total. The van der Waals surface area contributed by atoms with Crippen molar-refractivity contribution in [2.24, 2.45) is 11.3 Å². The first-order valence-electron chi connectivity index (χ1n) is 6.61. The molecule has 2 rings (SSSR count). The zero-order chi connectivity index (χ0) is 14.0. The number of piperidine rings is 1. The zero-order valence-electron chi connectivity index (χ0n) is 11.4. The summed E-state index contributed by atoms with van der Waals surface area (Å²) in [5.74, 6) is -0.983. The van der Waals surface area contributed by atoms with Crippen molar-refractivity contribution in [3.05, 3.63) is 30.1 Å². The molecule has 0 radical (unpaired) electrons. The largest absolute Gasteiger partial charge is 0.481 e. The number of anilines is 1. The predicted molar refractivity (Wildman–Crippen MR) is 72.8 cm³/mol. The monoisotopic (exact) mass is 265 g/mol. The molecule has 19 heavy (non-hydrogen) atoms. The third-order valence-corrected chi connectivity index (χ3v) is 4.19. The van der Waals surface area contributed by atoms with Crippen molar-refractivity contribution in [1.82, 2.24) is 0 Å². The van der Waals surface area contributed by atoms with Gasteiger partial charge in [0.2, 0.25) is 0 Å². The molecule has 0 saturated carbocycles. The number of hydrogen-bond donors (Lipinski definition) is 1. The first kappa shape index (κ1) is 13.8. The van der Waals surface area contributed by atoms with Gasteiger partial charge in [0.15, 0.2) is 0 Å². The number of hydrogen-bond acceptors (Lipinski definition) is 2. The molecule has 1 fully saturated rings. The first-order valence-corrected chi connectivity index (χ1v) is 6.61. The number of rotatable bonds is 3. The summed E-state index contributed by atoms with van der Waals surface area (Å²) >= 11 is 0. The summed E-state index contributed by atoms with van der Waals surface area (Å²) in [4.78, 5) is 12.9. The average Bonchev–Trinajstić information content (AvgIpc) is 2.32. The Morgan fingerprint density at radius 2 is 2.16 bits per heavy atom. The van der Waals surface area contributed by atoms with E-state index in [2.05, 4.69) is 13.8 Å². The average molecular weight is 265 g/mol. The second-order valence-electron chi connectivity index (χ2n) is 5.93. The highest BCUT2D eigenvalue weighted by molar-refractivity contribution is 5.67. The highest BCUT2D eigenvalue weighted by atomic mass is 19.1. The molecule has 0 aromatic heterocycles. The fraction of sp³-hybridized carbons (Fsp3) is 0.533. The number of aliphatic carboxylic acids is 1. The van der Waals surface area contributed by atoms with Crippen molar-refractivity contribution in [3.8, 4) is 0 Å². The number of benzene rings is 1. The van der Waals surface area contributed by atoms with Crippen LogP contribution in [0.25, 0.3) is 0 Å². The summed E-state index contributed by atoms with van der Waals surface area (Å²) in [6.45, 7) is 5.56. The molecule has 0 bridgehead atoms. The van der Waals surface area contributed by atoms with E-state index in [0.717, 1.165) is 13.0 Å². The zero-order valence-corrected chi connectivity index (χ0v) is 11.4. The van der Waals surface area contributed by atoms with Crippen LogP contribution in [0.1, 0.15) is 26.7 Å². The summed E-state index contributed by atoms with van der Waals surface area (Å²) < 4.78 is 13.8. The number of carbonyl (C=O) groups is 1. The van der Waals surface area contributed by atoms with Gasteiger partial charge >= 0.3 is 5.97 Å². The van der Waals surface area contributed by atoms with E-state index < -0.39 is 5.97 Å². The van der Waals surface area contributed by atoms with Gasteiger partial charge in [-0.05, 0) is 29.9 Å². The molecule has 1 heterocycles. The van der Waals surface area contributed by atoms with Gasteiger partial charge in [0.05, 0.1) is 12.1 Å². The van der Waals surface area contributed by atoms with Crippen molar-refractivity contribution in [3.63, 3.8) is 0 Å². The third-order valence-electron chi connectivity index (χ3n) is 4.19. The van der Waals surface area contributed by atoms with Crippen LogP contribution in [0.4, 0.5) is 10.1 Å². The van der Waals surface area contributed by atoms with Crippen molar-refractivity contribution < 1.29 is 14.3 Å². The van der Waals surface area contributed by atoms with Gasteiger partial charge in [-0.1, -0.05) is 26.0 Å². The second-order valence-corrected chi connectivity index (χ2v) is 5.93. The molecular weight excluding hydrogens is 245 g/mol. The van der Waals surface area contributed by atoms with Crippen molar-refractivity contribution >= 4 is 11.7 Å². The van der Waals surface area contributed by atoms with E-state index in [9.17, 15) is 9.18 Å². The van der Waals surface area contributed by atoms with Crippen LogP contribution < -0.4 is 4.90 Å². The molecule has 4 heteroatoms. The second kappa shape index (κ2) is 5.19. The smallest absolute Gasteiger partial charge is 0.303 e. The maximum atomic E-state index is 13.8. The standard InChI is InChI=1S/C15H20FNO2/c1-15(2)7-8-17(10-11(15)9-14(18)19)13-6-4-3-5-12(13)16/h3-6,11H,7-10H2,1-2H3,(H,18,19). The molecule has 0 spiro atoms. The quantitative estimate of drug-likeness (QED) is 0.912. The van der Waals surface area contributed by atoms with Crippen LogP contribution in [0.15, 0.2) is 24.3 Å². The Morgan fingerprint density at radius 1 is 1.47 bits per heavy atom. The summed E-state index contributed by atoms with van der Waals surface area (Å²) in [5, 5.41) is 9.02. The van der Waals surface area contributed by atoms with E-state index >= 15 is 0 Å². The maximum absolute atomic E-state index is 13.8. The lowest BCUT2D eigenvalue weighted by atomic mass is 9.72. The molecular formula is C15H20FNO2. The van der Waals surface area contributed by atoms with Crippen molar-refractivity contribution in [2.75, 3.05) is 18.0 Å². The Balaban J connectivity index is 2.18. The molecule has 1 aromatic carbocycles. The Labute approximate surface area is 113 Å². The van der Waals surface area contributed by atoms with Gasteiger partial charge in [-0.25, -0.2) is 4.39 Å². The van der Waals surface area contributed by atoms with E-state index in [1.165, 1.54) is 6.07 Å². The molecule has 0 amide bonds. The fourth-order valence-electron chi connectivity index (χ4n) is 2.71. The fourth-order valence-corrected chi connectivity index (χ4v) is 2.71. The van der Waals surface area contributed by atoms with Gasteiger partial charge < -0.3 is 10.0 Å². The van der Waals surface area contributed by atoms with Crippen LogP contribution in [-0.4, -0.2) is 24.2 Å². The number of carboxylic acid groups (broad SMARTS) is 1. The van der Waals surface area contributed by atoms with Crippen LogP contribution in [0.3, 0.4) is 0 Å². The molecule has 1 aliphatic rings. The maximum Gasteiger partial charge on any atom is 0.303 e. The number of carboxylic acids is 1. The Bertz CT molecular complexity index is 473. The molecule has 1 aliphatic heterocycles. The van der Waals surface area contributed by atoms with Gasteiger partial charge in [-0.3, -0.25) is 4.79 Å². The predicted octanol–water partition coefficient (Wildman–Crippen LogP) is 3.15. The van der Waals surface area contributed by atoms with Crippen molar-refractivity contribution in [1.29, 1.82) is 0 Å².